The quantitative estimate of drug-likeness (QED) is 0.338. The normalized spacial score (nSPS) is 11.2. The van der Waals surface area contributed by atoms with Gasteiger partial charge >= 0.3 is 0 Å². The number of hydrogen-bond donors (Lipinski definition) is 1. The van der Waals surface area contributed by atoms with Crippen LogP contribution in [0, 0.1) is 13.8 Å². The molecule has 0 saturated carbocycles. The van der Waals surface area contributed by atoms with Crippen molar-refractivity contribution >= 4 is 0 Å². The van der Waals surface area contributed by atoms with Crippen molar-refractivity contribution in [2.45, 2.75) is 19.4 Å². The van der Waals surface area contributed by atoms with Crippen LogP contribution in [-0.2, 0) is 5.60 Å². The van der Waals surface area contributed by atoms with Crippen LogP contribution < -0.4 is 14.2 Å². The lowest BCUT2D eigenvalue weighted by molar-refractivity contribution is 0.122. The summed E-state index contributed by atoms with van der Waals surface area (Å²) in [5, 5.41) is 12.4. The van der Waals surface area contributed by atoms with Crippen molar-refractivity contribution in [1.29, 1.82) is 0 Å². The first kappa shape index (κ1) is 22.4. The van der Waals surface area contributed by atoms with Crippen molar-refractivity contribution < 1.29 is 19.3 Å². The fourth-order valence-electron chi connectivity index (χ4n) is 3.89. The van der Waals surface area contributed by atoms with Gasteiger partial charge in [0.15, 0.2) is 0 Å². The monoisotopic (exact) mass is 440 g/mol. The van der Waals surface area contributed by atoms with Gasteiger partial charge in [-0.15, -0.1) is 0 Å². The van der Waals surface area contributed by atoms with Gasteiger partial charge in [0.1, 0.15) is 28.6 Å². The van der Waals surface area contributed by atoms with Crippen LogP contribution in [0.1, 0.15) is 27.8 Å². The molecule has 0 spiro atoms. The highest BCUT2D eigenvalue weighted by molar-refractivity contribution is 5.55. The molecule has 4 heteroatoms. The number of aliphatic hydroxyl groups is 1. The maximum absolute atomic E-state index is 12.4. The second kappa shape index (κ2) is 9.39. The lowest BCUT2D eigenvalue weighted by Gasteiger charge is -2.32. The molecular formula is C29H28O4. The lowest BCUT2D eigenvalue weighted by atomic mass is 9.79. The van der Waals surface area contributed by atoms with Gasteiger partial charge in [-0.25, -0.2) is 0 Å². The SMILES string of the molecule is COc1ccc(C(O)(c2ccc(OC)cc2)c2cc(C)ccc2Oc2ccc(C)cc2)cc1. The van der Waals surface area contributed by atoms with Gasteiger partial charge in [0.05, 0.1) is 14.2 Å². The van der Waals surface area contributed by atoms with E-state index in [1.54, 1.807) is 14.2 Å². The topological polar surface area (TPSA) is 47.9 Å². The van der Waals surface area contributed by atoms with E-state index in [2.05, 4.69) is 0 Å². The summed E-state index contributed by atoms with van der Waals surface area (Å²) in [6.45, 7) is 4.04. The highest BCUT2D eigenvalue weighted by Gasteiger charge is 2.37. The zero-order valence-electron chi connectivity index (χ0n) is 19.3. The first-order chi connectivity index (χ1) is 15.9. The molecule has 0 aromatic heterocycles. The van der Waals surface area contributed by atoms with E-state index in [0.29, 0.717) is 28.2 Å². The van der Waals surface area contributed by atoms with E-state index in [0.717, 1.165) is 22.6 Å². The molecule has 0 unspecified atom stereocenters. The van der Waals surface area contributed by atoms with E-state index in [1.165, 1.54) is 0 Å². The molecule has 0 aliphatic carbocycles. The van der Waals surface area contributed by atoms with E-state index in [-0.39, 0.29) is 0 Å². The Morgan fingerprint density at radius 1 is 0.576 bits per heavy atom. The van der Waals surface area contributed by atoms with Crippen LogP contribution in [0.2, 0.25) is 0 Å². The Morgan fingerprint density at radius 3 is 1.52 bits per heavy atom. The molecule has 33 heavy (non-hydrogen) atoms. The summed E-state index contributed by atoms with van der Waals surface area (Å²) < 4.78 is 17.0. The van der Waals surface area contributed by atoms with Gasteiger partial charge in [0.2, 0.25) is 0 Å². The maximum atomic E-state index is 12.4. The molecule has 0 amide bonds. The Kier molecular flexibility index (Phi) is 6.38. The third-order valence-corrected chi connectivity index (χ3v) is 5.79. The van der Waals surface area contributed by atoms with Gasteiger partial charge in [-0.2, -0.15) is 0 Å². The molecule has 4 aromatic rings. The van der Waals surface area contributed by atoms with Crippen molar-refractivity contribution in [2.75, 3.05) is 14.2 Å². The first-order valence-electron chi connectivity index (χ1n) is 10.8. The van der Waals surface area contributed by atoms with Crippen LogP contribution in [-0.4, -0.2) is 19.3 Å². The van der Waals surface area contributed by atoms with E-state index in [4.69, 9.17) is 14.2 Å². The molecule has 0 atom stereocenters. The van der Waals surface area contributed by atoms with Gasteiger partial charge in [-0.3, -0.25) is 0 Å². The van der Waals surface area contributed by atoms with Gasteiger partial charge in [-0.05, 0) is 73.5 Å². The van der Waals surface area contributed by atoms with Crippen LogP contribution >= 0.6 is 0 Å². The Labute approximate surface area is 195 Å². The van der Waals surface area contributed by atoms with Gasteiger partial charge in [-0.1, -0.05) is 53.6 Å². The minimum atomic E-state index is -1.47. The van der Waals surface area contributed by atoms with Crippen LogP contribution in [0.5, 0.6) is 23.0 Å². The zero-order valence-corrected chi connectivity index (χ0v) is 19.3. The Bertz CT molecular complexity index is 1160. The summed E-state index contributed by atoms with van der Waals surface area (Å²) in [4.78, 5) is 0. The predicted molar refractivity (Wildman–Crippen MR) is 131 cm³/mol. The summed E-state index contributed by atoms with van der Waals surface area (Å²) in [6, 6.07) is 28.6. The molecule has 4 rings (SSSR count). The second-order valence-electron chi connectivity index (χ2n) is 8.08. The molecule has 4 aromatic carbocycles. The largest absolute Gasteiger partial charge is 0.497 e. The van der Waals surface area contributed by atoms with E-state index < -0.39 is 5.60 Å². The summed E-state index contributed by atoms with van der Waals surface area (Å²) in [5.41, 5.74) is 2.75. The molecule has 168 valence electrons. The van der Waals surface area contributed by atoms with Crippen molar-refractivity contribution in [2.24, 2.45) is 0 Å². The Balaban J connectivity index is 1.91. The molecule has 1 N–H and O–H groups in total. The molecule has 0 aliphatic rings. The van der Waals surface area contributed by atoms with Gasteiger partial charge < -0.3 is 19.3 Å². The second-order valence-corrected chi connectivity index (χ2v) is 8.08. The summed E-state index contributed by atoms with van der Waals surface area (Å²) in [6.07, 6.45) is 0. The molecule has 0 aliphatic heterocycles. The van der Waals surface area contributed by atoms with Crippen LogP contribution in [0.15, 0.2) is 91.0 Å². The molecule has 0 heterocycles. The number of ether oxygens (including phenoxy) is 3. The lowest BCUT2D eigenvalue weighted by Crippen LogP contribution is -2.29. The van der Waals surface area contributed by atoms with E-state index >= 15 is 0 Å². The first-order valence-corrected chi connectivity index (χ1v) is 10.8. The molecule has 0 fully saturated rings. The van der Waals surface area contributed by atoms with Crippen molar-refractivity contribution in [3.05, 3.63) is 119 Å². The Morgan fingerprint density at radius 2 is 1.03 bits per heavy atom. The number of benzene rings is 4. The average molecular weight is 441 g/mol. The smallest absolute Gasteiger partial charge is 0.144 e. The van der Waals surface area contributed by atoms with Crippen molar-refractivity contribution in [1.82, 2.24) is 0 Å². The highest BCUT2D eigenvalue weighted by Crippen LogP contribution is 2.43. The number of aryl methyl sites for hydroxylation is 2. The maximum Gasteiger partial charge on any atom is 0.144 e. The molecule has 4 nitrogen and oxygen atoms in total. The van der Waals surface area contributed by atoms with Gasteiger partial charge in [0, 0.05) is 5.56 Å². The predicted octanol–water partition coefficient (Wildman–Crippen LogP) is 6.40. The third kappa shape index (κ3) is 4.57. The fourth-order valence-corrected chi connectivity index (χ4v) is 3.89. The molecule has 0 bridgehead atoms. The fraction of sp³-hybridized carbons (Fsp3) is 0.172. The van der Waals surface area contributed by atoms with Gasteiger partial charge in [0.25, 0.3) is 0 Å². The number of rotatable bonds is 7. The molecule has 0 radical (unpaired) electrons. The van der Waals surface area contributed by atoms with Crippen LogP contribution in [0.3, 0.4) is 0 Å². The number of methoxy groups -OCH3 is 2. The van der Waals surface area contributed by atoms with Crippen molar-refractivity contribution in [3.63, 3.8) is 0 Å². The molecule has 0 saturated heterocycles. The average Bonchev–Trinajstić information content (AvgIpc) is 2.86. The van der Waals surface area contributed by atoms with E-state index in [1.807, 2.05) is 105 Å². The van der Waals surface area contributed by atoms with E-state index in [9.17, 15) is 5.11 Å². The summed E-state index contributed by atoms with van der Waals surface area (Å²) >= 11 is 0. The van der Waals surface area contributed by atoms with Crippen LogP contribution in [0.25, 0.3) is 0 Å². The summed E-state index contributed by atoms with van der Waals surface area (Å²) in [5.74, 6) is 2.73. The zero-order chi connectivity index (χ0) is 23.4. The van der Waals surface area contributed by atoms with Crippen LogP contribution in [0.4, 0.5) is 0 Å². The number of hydrogen-bond acceptors (Lipinski definition) is 4. The third-order valence-electron chi connectivity index (χ3n) is 5.79. The highest BCUT2D eigenvalue weighted by atomic mass is 16.5. The standard InChI is InChI=1S/C29H28O4/c1-20-5-12-26(13-6-20)33-28-18-7-21(2)19-27(28)29(30,22-8-14-24(31-3)15-9-22)23-10-16-25(32-4)17-11-23/h5-19,30H,1-4H3. The van der Waals surface area contributed by atoms with Crippen molar-refractivity contribution in [3.8, 4) is 23.0 Å². The minimum Gasteiger partial charge on any atom is -0.497 e. The Hall–Kier alpha value is -3.76. The molecular weight excluding hydrogens is 412 g/mol. The summed E-state index contributed by atoms with van der Waals surface area (Å²) in [7, 11) is 3.25. The minimum absolute atomic E-state index is 0.582.